The van der Waals surface area contributed by atoms with Crippen molar-refractivity contribution in [1.29, 1.82) is 0 Å². The summed E-state index contributed by atoms with van der Waals surface area (Å²) in [7, 11) is 0. The van der Waals surface area contributed by atoms with E-state index >= 15 is 0 Å². The average molecular weight is 215 g/mol. The highest BCUT2D eigenvalue weighted by Crippen LogP contribution is 2.41. The highest BCUT2D eigenvalue weighted by Gasteiger charge is 2.30. The maximum atomic E-state index is 2.40. The van der Waals surface area contributed by atoms with Crippen molar-refractivity contribution in [3.8, 4) is 0 Å². The van der Waals surface area contributed by atoms with Crippen LogP contribution in [0.25, 0.3) is 0 Å². The van der Waals surface area contributed by atoms with Gasteiger partial charge in [0.1, 0.15) is 0 Å². The second-order valence-electron chi connectivity index (χ2n) is 5.17. The highest BCUT2D eigenvalue weighted by molar-refractivity contribution is 5.21. The molecule has 0 aromatic heterocycles. The lowest BCUT2D eigenvalue weighted by Crippen LogP contribution is -2.26. The van der Waals surface area contributed by atoms with Crippen LogP contribution in [-0.2, 0) is 6.42 Å². The predicted octanol–water partition coefficient (Wildman–Crippen LogP) is 4.65. The molecule has 0 amide bonds. The van der Waals surface area contributed by atoms with Crippen molar-refractivity contribution in [2.75, 3.05) is 0 Å². The normalized spacial score (nSPS) is 18.4. The summed E-state index contributed by atoms with van der Waals surface area (Å²) in [6.07, 6.45) is 6.82. The molecular formula is C16H23. The zero-order valence-electron chi connectivity index (χ0n) is 10.6. The quantitative estimate of drug-likeness (QED) is 0.670. The molecule has 0 heterocycles. The van der Waals surface area contributed by atoms with Gasteiger partial charge < -0.3 is 0 Å². The molecule has 1 aromatic carbocycles. The molecule has 0 saturated heterocycles. The molecule has 1 aromatic rings. The fourth-order valence-corrected chi connectivity index (χ4v) is 2.59. The highest BCUT2D eigenvalue weighted by atomic mass is 14.3. The van der Waals surface area contributed by atoms with Crippen molar-refractivity contribution in [1.82, 2.24) is 0 Å². The molecule has 16 heavy (non-hydrogen) atoms. The molecular weight excluding hydrogens is 192 g/mol. The van der Waals surface area contributed by atoms with Crippen LogP contribution < -0.4 is 0 Å². The van der Waals surface area contributed by atoms with Crippen LogP contribution in [0, 0.1) is 17.8 Å². The summed E-state index contributed by atoms with van der Waals surface area (Å²) in [4.78, 5) is 0. The van der Waals surface area contributed by atoms with Crippen molar-refractivity contribution < 1.29 is 0 Å². The van der Waals surface area contributed by atoms with Gasteiger partial charge in [-0.1, -0.05) is 57.0 Å². The van der Waals surface area contributed by atoms with Crippen LogP contribution in [0.4, 0.5) is 0 Å². The Balaban J connectivity index is 2.01. The topological polar surface area (TPSA) is 0 Å². The minimum atomic E-state index is 0.797. The Bertz CT molecular complexity index is 292. The van der Waals surface area contributed by atoms with Crippen LogP contribution >= 0.6 is 0 Å². The van der Waals surface area contributed by atoms with Crippen LogP contribution in [0.3, 0.4) is 0 Å². The van der Waals surface area contributed by atoms with E-state index in [9.17, 15) is 0 Å². The third-order valence-corrected chi connectivity index (χ3v) is 4.13. The molecule has 1 radical (unpaired) electrons. The van der Waals surface area contributed by atoms with E-state index in [-0.39, 0.29) is 0 Å². The minimum absolute atomic E-state index is 0.797. The minimum Gasteiger partial charge on any atom is -0.0651 e. The molecule has 87 valence electrons. The van der Waals surface area contributed by atoms with E-state index in [1.54, 1.807) is 5.92 Å². The number of rotatable bonds is 5. The average Bonchev–Trinajstić information content (AvgIpc) is 2.26. The first-order chi connectivity index (χ1) is 7.81. The Morgan fingerprint density at radius 3 is 2.44 bits per heavy atom. The summed E-state index contributed by atoms with van der Waals surface area (Å²) in [5.74, 6) is 3.53. The Labute approximate surface area is 100 Å². The van der Waals surface area contributed by atoms with Gasteiger partial charge in [-0.25, -0.2) is 0 Å². The lowest BCUT2D eigenvalue weighted by atomic mass is 9.68. The molecule has 1 fully saturated rings. The van der Waals surface area contributed by atoms with E-state index in [1.165, 1.54) is 37.7 Å². The van der Waals surface area contributed by atoms with Gasteiger partial charge in [0, 0.05) is 0 Å². The van der Waals surface area contributed by atoms with Crippen LogP contribution in [0.5, 0.6) is 0 Å². The number of hydrogen-bond donors (Lipinski definition) is 0. The zero-order chi connectivity index (χ0) is 11.4. The Morgan fingerprint density at radius 2 is 1.94 bits per heavy atom. The van der Waals surface area contributed by atoms with E-state index in [2.05, 4.69) is 44.2 Å². The third kappa shape index (κ3) is 2.66. The van der Waals surface area contributed by atoms with Gasteiger partial charge in [0.25, 0.3) is 0 Å². The zero-order valence-corrected chi connectivity index (χ0v) is 10.6. The molecule has 1 unspecified atom stereocenters. The van der Waals surface area contributed by atoms with E-state index in [4.69, 9.17) is 0 Å². The maximum absolute atomic E-state index is 2.40. The van der Waals surface area contributed by atoms with Gasteiger partial charge in [0.15, 0.2) is 0 Å². The first-order valence-electron chi connectivity index (χ1n) is 6.70. The fraction of sp³-hybridized carbons (Fsp3) is 0.562. The second-order valence-corrected chi connectivity index (χ2v) is 5.17. The van der Waals surface area contributed by atoms with Crippen molar-refractivity contribution >= 4 is 0 Å². The largest absolute Gasteiger partial charge is 0.0651 e. The molecule has 0 N–H and O–H groups in total. The second kappa shape index (κ2) is 5.52. The molecule has 0 spiro atoms. The van der Waals surface area contributed by atoms with Gasteiger partial charge in [0.05, 0.1) is 0 Å². The molecule has 0 nitrogen and oxygen atoms in total. The van der Waals surface area contributed by atoms with E-state index in [1.807, 2.05) is 0 Å². The number of benzene rings is 1. The molecule has 0 heteroatoms. The predicted molar refractivity (Wildman–Crippen MR) is 70.2 cm³/mol. The first-order valence-corrected chi connectivity index (χ1v) is 6.70. The number of hydrogen-bond acceptors (Lipinski definition) is 0. The standard InChI is InChI=1S/C16H23/c1-3-13(2)16(15-10-7-11-15)12-14-8-5-4-6-9-14/h4-6,8-9,13,15H,3,7,10-12H2,1-2H3. The van der Waals surface area contributed by atoms with Crippen LogP contribution in [0.2, 0.25) is 0 Å². The Kier molecular flexibility index (Phi) is 4.04. The van der Waals surface area contributed by atoms with Crippen molar-refractivity contribution in [3.63, 3.8) is 0 Å². The molecule has 1 aliphatic rings. The van der Waals surface area contributed by atoms with Gasteiger partial charge >= 0.3 is 0 Å². The van der Waals surface area contributed by atoms with Crippen LogP contribution in [0.15, 0.2) is 30.3 Å². The summed E-state index contributed by atoms with van der Waals surface area (Å²) in [6, 6.07) is 11.0. The van der Waals surface area contributed by atoms with E-state index < -0.39 is 0 Å². The first kappa shape index (κ1) is 11.7. The van der Waals surface area contributed by atoms with Crippen molar-refractivity contribution in [2.45, 2.75) is 46.0 Å². The fourth-order valence-electron chi connectivity index (χ4n) is 2.59. The van der Waals surface area contributed by atoms with E-state index in [0.717, 1.165) is 11.8 Å². The van der Waals surface area contributed by atoms with Gasteiger partial charge in [-0.05, 0) is 42.6 Å². The third-order valence-electron chi connectivity index (χ3n) is 4.13. The maximum Gasteiger partial charge on any atom is -0.0138 e. The van der Waals surface area contributed by atoms with Gasteiger partial charge in [-0.2, -0.15) is 0 Å². The molecule has 0 aliphatic heterocycles. The monoisotopic (exact) mass is 215 g/mol. The lowest BCUT2D eigenvalue weighted by Gasteiger charge is -2.37. The van der Waals surface area contributed by atoms with Crippen molar-refractivity contribution in [2.24, 2.45) is 11.8 Å². The molecule has 1 atom stereocenters. The van der Waals surface area contributed by atoms with Gasteiger partial charge in [-0.15, -0.1) is 0 Å². The Morgan fingerprint density at radius 1 is 1.25 bits per heavy atom. The van der Waals surface area contributed by atoms with Crippen LogP contribution in [0.1, 0.15) is 45.1 Å². The van der Waals surface area contributed by atoms with Crippen LogP contribution in [-0.4, -0.2) is 0 Å². The Hall–Kier alpha value is -0.780. The van der Waals surface area contributed by atoms with E-state index in [0.29, 0.717) is 0 Å². The molecule has 1 aliphatic carbocycles. The molecule has 1 saturated carbocycles. The molecule has 0 bridgehead atoms. The van der Waals surface area contributed by atoms with Crippen molar-refractivity contribution in [3.05, 3.63) is 41.8 Å². The smallest absolute Gasteiger partial charge is 0.0138 e. The van der Waals surface area contributed by atoms with Gasteiger partial charge in [0.2, 0.25) is 0 Å². The van der Waals surface area contributed by atoms with Gasteiger partial charge in [-0.3, -0.25) is 0 Å². The lowest BCUT2D eigenvalue weighted by molar-refractivity contribution is 0.280. The summed E-state index contributed by atoms with van der Waals surface area (Å²) >= 11 is 0. The summed E-state index contributed by atoms with van der Waals surface area (Å²) < 4.78 is 0. The SMILES string of the molecule is CCC(C)[C](Cc1ccccc1)C1CCC1. The summed E-state index contributed by atoms with van der Waals surface area (Å²) in [5.41, 5.74) is 1.49. The summed E-state index contributed by atoms with van der Waals surface area (Å²) in [5, 5.41) is 0. The molecule has 2 rings (SSSR count). The summed E-state index contributed by atoms with van der Waals surface area (Å²) in [6.45, 7) is 4.71.